The normalized spacial score (nSPS) is 14.5. The third-order valence-corrected chi connectivity index (χ3v) is 11.0. The summed E-state index contributed by atoms with van der Waals surface area (Å²) in [6, 6.07) is 31.0. The van der Waals surface area contributed by atoms with Crippen LogP contribution < -0.4 is 5.32 Å². The molecule has 0 bridgehead atoms. The molecule has 7 rings (SSSR count). The molecule has 300 valence electrons. The zero-order chi connectivity index (χ0) is 40.6. The van der Waals surface area contributed by atoms with Crippen LogP contribution in [0.1, 0.15) is 69.3 Å². The van der Waals surface area contributed by atoms with E-state index in [0.717, 1.165) is 94.7 Å². The Morgan fingerprint density at radius 1 is 0.828 bits per heavy atom. The fourth-order valence-electron chi connectivity index (χ4n) is 7.96. The monoisotopic (exact) mass is 780 g/mol. The minimum atomic E-state index is -0.641. The summed E-state index contributed by atoms with van der Waals surface area (Å²) >= 11 is 0. The Hall–Kier alpha value is -6.27. The fraction of sp³-hybridized carbons (Fsp3) is 0.326. The third kappa shape index (κ3) is 8.82. The molecule has 1 aliphatic rings. The van der Waals surface area contributed by atoms with Gasteiger partial charge in [-0.1, -0.05) is 99.6 Å². The maximum Gasteiger partial charge on any atom is 0.407 e. The van der Waals surface area contributed by atoms with E-state index in [9.17, 15) is 14.4 Å². The van der Waals surface area contributed by atoms with E-state index in [-0.39, 0.29) is 30.4 Å². The van der Waals surface area contributed by atoms with Crippen LogP contribution in [0.2, 0.25) is 0 Å². The summed E-state index contributed by atoms with van der Waals surface area (Å²) in [5, 5.41) is 4.67. The van der Waals surface area contributed by atoms with Crippen molar-refractivity contribution in [1.82, 2.24) is 40.0 Å². The first-order chi connectivity index (χ1) is 28.3. The van der Waals surface area contributed by atoms with Crippen LogP contribution in [0.5, 0.6) is 0 Å². The number of likely N-dealkylation sites (N-methyl/N-ethyl adjacent to an activating group) is 1. The molecule has 6 aromatic rings. The number of hydrogen-bond acceptors (Lipinski definition) is 7. The Balaban J connectivity index is 1.02. The van der Waals surface area contributed by atoms with Crippen molar-refractivity contribution in [3.63, 3.8) is 0 Å². The zero-order valence-electron chi connectivity index (χ0n) is 33.7. The molecule has 0 aliphatic carbocycles. The molecule has 58 heavy (non-hydrogen) atoms. The number of methoxy groups -OCH3 is 1. The van der Waals surface area contributed by atoms with Gasteiger partial charge in [-0.3, -0.25) is 14.5 Å². The minimum Gasteiger partial charge on any atom is -0.453 e. The Labute approximate surface area is 339 Å². The average molecular weight is 781 g/mol. The molecular weight excluding hydrogens is 729 g/mol. The molecule has 1 aliphatic heterocycles. The predicted molar refractivity (Wildman–Crippen MR) is 226 cm³/mol. The Morgan fingerprint density at radius 2 is 1.48 bits per heavy atom. The highest BCUT2D eigenvalue weighted by atomic mass is 16.5. The van der Waals surface area contributed by atoms with Gasteiger partial charge >= 0.3 is 6.09 Å². The van der Waals surface area contributed by atoms with Gasteiger partial charge in [-0.05, 0) is 77.5 Å². The number of fused-ring (bicyclic) bond motifs is 1. The lowest BCUT2D eigenvalue weighted by molar-refractivity contribution is -0.138. The van der Waals surface area contributed by atoms with Crippen LogP contribution >= 0.6 is 0 Å². The van der Waals surface area contributed by atoms with Gasteiger partial charge in [-0.15, -0.1) is 0 Å². The van der Waals surface area contributed by atoms with Crippen molar-refractivity contribution in [1.29, 1.82) is 0 Å². The number of likely N-dealkylation sites (tertiary alicyclic amines) is 1. The molecule has 3 heterocycles. The van der Waals surface area contributed by atoms with Gasteiger partial charge < -0.3 is 29.8 Å². The molecule has 0 spiro atoms. The summed E-state index contributed by atoms with van der Waals surface area (Å²) in [5.74, 6) is 1.42. The number of aromatic amines is 2. The Bertz CT molecular complexity index is 2330. The van der Waals surface area contributed by atoms with E-state index in [2.05, 4.69) is 117 Å². The Kier molecular flexibility index (Phi) is 12.6. The summed E-state index contributed by atoms with van der Waals surface area (Å²) in [5.41, 5.74) is 7.07. The molecule has 1 unspecified atom stereocenters. The van der Waals surface area contributed by atoms with Crippen LogP contribution in [-0.2, 0) is 20.9 Å². The number of carbonyl (C=O) groups excluding carboxylic acids is 3. The highest BCUT2D eigenvalue weighted by Crippen LogP contribution is 2.36. The van der Waals surface area contributed by atoms with Crippen LogP contribution in [0.4, 0.5) is 4.79 Å². The van der Waals surface area contributed by atoms with Crippen LogP contribution in [-0.4, -0.2) is 92.4 Å². The molecule has 12 heteroatoms. The number of hydrogen-bond donors (Lipinski definition) is 3. The van der Waals surface area contributed by atoms with Crippen molar-refractivity contribution in [3.8, 4) is 33.6 Å². The number of ether oxygens (including phenoxy) is 1. The number of nitrogens with one attached hydrogen (secondary N) is 3. The van der Waals surface area contributed by atoms with Gasteiger partial charge in [0.2, 0.25) is 11.8 Å². The first-order valence-electron chi connectivity index (χ1n) is 20.2. The van der Waals surface area contributed by atoms with Gasteiger partial charge in [-0.25, -0.2) is 14.8 Å². The molecule has 0 saturated carbocycles. The second kappa shape index (κ2) is 18.3. The van der Waals surface area contributed by atoms with Crippen LogP contribution in [0.25, 0.3) is 44.4 Å². The van der Waals surface area contributed by atoms with Gasteiger partial charge in [0.1, 0.15) is 24.2 Å². The number of benzene rings is 4. The van der Waals surface area contributed by atoms with Crippen molar-refractivity contribution >= 4 is 28.7 Å². The number of aromatic nitrogens is 4. The number of carbonyl (C=O) groups is 3. The Morgan fingerprint density at radius 3 is 2.19 bits per heavy atom. The van der Waals surface area contributed by atoms with Crippen LogP contribution in [0, 0.1) is 0 Å². The average Bonchev–Trinajstić information content (AvgIpc) is 4.06. The second-order valence-electron chi connectivity index (χ2n) is 14.7. The summed E-state index contributed by atoms with van der Waals surface area (Å²) < 4.78 is 4.58. The van der Waals surface area contributed by atoms with E-state index in [0.29, 0.717) is 18.9 Å². The third-order valence-electron chi connectivity index (χ3n) is 11.0. The van der Waals surface area contributed by atoms with E-state index >= 15 is 0 Å². The van der Waals surface area contributed by atoms with Crippen molar-refractivity contribution < 1.29 is 19.1 Å². The fourth-order valence-corrected chi connectivity index (χ4v) is 7.96. The van der Waals surface area contributed by atoms with Crippen molar-refractivity contribution in [2.24, 2.45) is 0 Å². The number of alkyl carbamates (subject to hydrolysis) is 1. The van der Waals surface area contributed by atoms with E-state index in [1.54, 1.807) is 11.1 Å². The maximum atomic E-state index is 14.2. The highest BCUT2D eigenvalue weighted by molar-refractivity contribution is 5.91. The van der Waals surface area contributed by atoms with Gasteiger partial charge in [0, 0.05) is 18.7 Å². The lowest BCUT2D eigenvalue weighted by atomic mass is 9.98. The molecule has 4 aromatic carbocycles. The lowest BCUT2D eigenvalue weighted by Crippen LogP contribution is -2.43. The zero-order valence-corrected chi connectivity index (χ0v) is 33.7. The van der Waals surface area contributed by atoms with Crippen LogP contribution in [0.3, 0.4) is 0 Å². The molecular formula is C46H52N8O4. The van der Waals surface area contributed by atoms with Gasteiger partial charge in [0.05, 0.1) is 43.5 Å². The number of amides is 3. The number of nitrogens with zero attached hydrogens (tertiary/aromatic N) is 5. The van der Waals surface area contributed by atoms with E-state index in [4.69, 9.17) is 4.98 Å². The quantitative estimate of drug-likeness (QED) is 0.0957. The summed E-state index contributed by atoms with van der Waals surface area (Å²) in [6.45, 7) is 9.23. The largest absolute Gasteiger partial charge is 0.453 e. The number of imidazole rings is 2. The molecule has 3 amide bonds. The van der Waals surface area contributed by atoms with E-state index in [1.807, 2.05) is 36.2 Å². The highest BCUT2D eigenvalue weighted by Gasteiger charge is 2.38. The van der Waals surface area contributed by atoms with Crippen LogP contribution in [0.15, 0.2) is 103 Å². The van der Waals surface area contributed by atoms with Crippen molar-refractivity contribution in [2.75, 3.05) is 39.8 Å². The standard InChI is InChI=1S/C46H52N8O4/c1-5-23-53(42(55)29-49-46(57)58-4)30-41-47-27-39(50-41)37-22-21-35-25-34(19-20-36(35)26-37)31-15-17-32(18-16-31)38-28-48-44(51-38)40-14-11-24-54(40)45(56)43(52(6-2)7-3)33-12-9-8-10-13-33/h8-10,12-13,15-22,25-28,40,43H,5-7,11,14,23-24,29-30H2,1-4H3,(H,47,50)(H,48,51)(H,49,57)/t40-,43?/m0/s1. The first-order valence-corrected chi connectivity index (χ1v) is 20.2. The summed E-state index contributed by atoms with van der Waals surface area (Å²) in [4.78, 5) is 60.6. The first kappa shape index (κ1) is 39.9. The topological polar surface area (TPSA) is 140 Å². The summed E-state index contributed by atoms with van der Waals surface area (Å²) in [6.07, 6.45) is 5.62. The molecule has 0 radical (unpaired) electrons. The number of H-pyrrole nitrogens is 2. The predicted octanol–water partition coefficient (Wildman–Crippen LogP) is 8.13. The van der Waals surface area contributed by atoms with E-state index < -0.39 is 6.09 Å². The smallest absolute Gasteiger partial charge is 0.407 e. The van der Waals surface area contributed by atoms with Crippen molar-refractivity contribution in [2.45, 2.75) is 58.7 Å². The van der Waals surface area contributed by atoms with Gasteiger partial charge in [0.25, 0.3) is 0 Å². The summed E-state index contributed by atoms with van der Waals surface area (Å²) in [7, 11) is 1.27. The number of rotatable bonds is 15. The lowest BCUT2D eigenvalue weighted by Gasteiger charge is -2.34. The molecule has 1 fully saturated rings. The second-order valence-corrected chi connectivity index (χ2v) is 14.7. The molecule has 1 saturated heterocycles. The molecule has 12 nitrogen and oxygen atoms in total. The van der Waals surface area contributed by atoms with Gasteiger partial charge in [0.15, 0.2) is 0 Å². The molecule has 3 N–H and O–H groups in total. The SMILES string of the molecule is CCCN(Cc1ncc(-c2ccc3cc(-c4ccc(-c5cnc([C@@H]6CCCN6C(=O)C(c6ccccc6)N(CC)CC)[nH]5)cc4)ccc3c2)[nH]1)C(=O)CNC(=O)OC. The van der Waals surface area contributed by atoms with E-state index in [1.165, 1.54) is 7.11 Å². The van der Waals surface area contributed by atoms with Crippen molar-refractivity contribution in [3.05, 3.63) is 121 Å². The maximum absolute atomic E-state index is 14.2. The van der Waals surface area contributed by atoms with Gasteiger partial charge in [-0.2, -0.15) is 0 Å². The molecule has 2 aromatic heterocycles. The minimum absolute atomic E-state index is 0.0919. The molecule has 2 atom stereocenters.